The Morgan fingerprint density at radius 3 is 2.08 bits per heavy atom. The Labute approximate surface area is 153 Å². The lowest BCUT2D eigenvalue weighted by molar-refractivity contribution is 0.124. The predicted octanol–water partition coefficient (Wildman–Crippen LogP) is 7.09. The fraction of sp³-hybridized carbons (Fsp3) is 0.478. The number of hydrogen-bond donors (Lipinski definition) is 0. The minimum Gasteiger partial charge on any atom is -0.207 e. The van der Waals surface area contributed by atoms with Gasteiger partial charge >= 0.3 is 0 Å². The van der Waals surface area contributed by atoms with Gasteiger partial charge in [0.2, 0.25) is 0 Å². The van der Waals surface area contributed by atoms with Crippen LogP contribution in [-0.4, -0.2) is 0 Å². The molecule has 0 heterocycles. The van der Waals surface area contributed by atoms with Crippen molar-refractivity contribution in [2.75, 3.05) is 0 Å². The summed E-state index contributed by atoms with van der Waals surface area (Å²) in [6, 6.07) is 8.30. The highest BCUT2D eigenvalue weighted by Gasteiger charge is 2.35. The molecule has 0 aliphatic heterocycles. The summed E-state index contributed by atoms with van der Waals surface area (Å²) in [5, 5.41) is 0. The molecule has 2 aromatic carbocycles. The standard InChI is InChI=1S/C23H25F3/c1-14-2-3-17-11-18(5-4-16(17)10-14)19-12-21(25)23(22(26)13-19)15-6-8-20(24)9-7-15/h6-9,12-14,16-18H,2-5,10-11H2,1H3/t14?,16-,17-,18-/m1/s1. The lowest BCUT2D eigenvalue weighted by Gasteiger charge is -2.41. The van der Waals surface area contributed by atoms with Gasteiger partial charge in [0.15, 0.2) is 0 Å². The fourth-order valence-corrected chi connectivity index (χ4v) is 5.15. The first-order chi connectivity index (χ1) is 12.5. The minimum absolute atomic E-state index is 0.0612. The van der Waals surface area contributed by atoms with Crippen LogP contribution in [0, 0.1) is 35.2 Å². The van der Waals surface area contributed by atoms with Crippen LogP contribution in [0.4, 0.5) is 13.2 Å². The Morgan fingerprint density at radius 1 is 0.769 bits per heavy atom. The third kappa shape index (κ3) is 3.41. The summed E-state index contributed by atoms with van der Waals surface area (Å²) in [7, 11) is 0. The molecule has 0 aromatic heterocycles. The van der Waals surface area contributed by atoms with Crippen LogP contribution >= 0.6 is 0 Å². The van der Waals surface area contributed by atoms with Crippen molar-refractivity contribution in [1.29, 1.82) is 0 Å². The molecule has 1 unspecified atom stereocenters. The molecule has 2 fully saturated rings. The van der Waals surface area contributed by atoms with E-state index in [9.17, 15) is 13.2 Å². The second-order valence-electron chi connectivity index (χ2n) is 8.31. The monoisotopic (exact) mass is 358 g/mol. The van der Waals surface area contributed by atoms with E-state index in [4.69, 9.17) is 0 Å². The van der Waals surface area contributed by atoms with Gasteiger partial charge in [-0.3, -0.25) is 0 Å². The molecule has 2 aliphatic carbocycles. The van der Waals surface area contributed by atoms with Crippen molar-refractivity contribution in [3.63, 3.8) is 0 Å². The first-order valence-electron chi connectivity index (χ1n) is 9.76. The molecule has 4 rings (SSSR count). The van der Waals surface area contributed by atoms with Crippen LogP contribution in [0.1, 0.15) is 56.9 Å². The van der Waals surface area contributed by atoms with E-state index in [0.29, 0.717) is 11.5 Å². The van der Waals surface area contributed by atoms with Gasteiger partial charge in [0.05, 0.1) is 5.56 Å². The third-order valence-electron chi connectivity index (χ3n) is 6.54. The molecule has 2 aliphatic rings. The molecular weight excluding hydrogens is 333 g/mol. The normalized spacial score (nSPS) is 28.6. The van der Waals surface area contributed by atoms with Gasteiger partial charge in [0, 0.05) is 0 Å². The molecule has 0 amide bonds. The highest BCUT2D eigenvalue weighted by Crippen LogP contribution is 2.48. The second kappa shape index (κ2) is 7.09. The smallest absolute Gasteiger partial charge is 0.134 e. The Kier molecular flexibility index (Phi) is 4.81. The predicted molar refractivity (Wildman–Crippen MR) is 98.3 cm³/mol. The molecule has 2 saturated carbocycles. The minimum atomic E-state index is -0.550. The Bertz CT molecular complexity index is 758. The van der Waals surface area contributed by atoms with Gasteiger partial charge in [0.25, 0.3) is 0 Å². The van der Waals surface area contributed by atoms with Crippen LogP contribution in [0.25, 0.3) is 11.1 Å². The van der Waals surface area contributed by atoms with E-state index in [0.717, 1.165) is 30.2 Å². The van der Waals surface area contributed by atoms with Crippen molar-refractivity contribution in [1.82, 2.24) is 0 Å². The van der Waals surface area contributed by atoms with Crippen molar-refractivity contribution < 1.29 is 13.2 Å². The van der Waals surface area contributed by atoms with Crippen molar-refractivity contribution in [3.05, 3.63) is 59.4 Å². The van der Waals surface area contributed by atoms with E-state index in [-0.39, 0.29) is 11.5 Å². The number of halogens is 3. The molecule has 2 aromatic rings. The fourth-order valence-electron chi connectivity index (χ4n) is 5.15. The summed E-state index contributed by atoms with van der Waals surface area (Å²) in [6.07, 6.45) is 7.07. The molecule has 0 nitrogen and oxygen atoms in total. The summed E-state index contributed by atoms with van der Waals surface area (Å²) in [5.74, 6) is 1.05. The number of hydrogen-bond acceptors (Lipinski definition) is 0. The zero-order valence-electron chi connectivity index (χ0n) is 15.2. The SMILES string of the molecule is CC1CC[C@@H]2C[C@H](c3cc(F)c(-c4ccc(F)cc4)c(F)c3)CC[C@@H]2C1. The molecular formula is C23H25F3. The van der Waals surface area contributed by atoms with Crippen molar-refractivity contribution >= 4 is 0 Å². The topological polar surface area (TPSA) is 0 Å². The van der Waals surface area contributed by atoms with Gasteiger partial charge in [-0.2, -0.15) is 0 Å². The molecule has 0 bridgehead atoms. The third-order valence-corrected chi connectivity index (χ3v) is 6.54. The maximum atomic E-state index is 14.7. The number of benzene rings is 2. The van der Waals surface area contributed by atoms with Gasteiger partial charge in [-0.25, -0.2) is 13.2 Å². The maximum absolute atomic E-state index is 14.7. The van der Waals surface area contributed by atoms with E-state index in [1.807, 2.05) is 0 Å². The average Bonchev–Trinajstić information content (AvgIpc) is 2.62. The lowest BCUT2D eigenvalue weighted by atomic mass is 9.64. The summed E-state index contributed by atoms with van der Waals surface area (Å²) in [4.78, 5) is 0. The molecule has 0 saturated heterocycles. The van der Waals surface area contributed by atoms with Crippen LogP contribution < -0.4 is 0 Å². The zero-order valence-corrected chi connectivity index (χ0v) is 15.2. The van der Waals surface area contributed by atoms with Gasteiger partial charge in [-0.1, -0.05) is 25.5 Å². The van der Waals surface area contributed by atoms with Crippen LogP contribution in [0.2, 0.25) is 0 Å². The first kappa shape index (κ1) is 17.6. The van der Waals surface area contributed by atoms with E-state index < -0.39 is 17.5 Å². The molecule has 3 heteroatoms. The molecule has 0 radical (unpaired) electrons. The highest BCUT2D eigenvalue weighted by molar-refractivity contribution is 5.65. The summed E-state index contributed by atoms with van der Waals surface area (Å²) in [5.41, 5.74) is 1.09. The zero-order chi connectivity index (χ0) is 18.3. The van der Waals surface area contributed by atoms with Crippen LogP contribution in [0.15, 0.2) is 36.4 Å². The largest absolute Gasteiger partial charge is 0.207 e. The van der Waals surface area contributed by atoms with Crippen molar-refractivity contribution in [2.24, 2.45) is 17.8 Å². The van der Waals surface area contributed by atoms with E-state index in [1.54, 1.807) is 0 Å². The first-order valence-corrected chi connectivity index (χ1v) is 9.76. The van der Waals surface area contributed by atoms with Gasteiger partial charge in [-0.05, 0) is 91.2 Å². The second-order valence-corrected chi connectivity index (χ2v) is 8.31. The Balaban J connectivity index is 1.58. The van der Waals surface area contributed by atoms with Crippen molar-refractivity contribution in [3.8, 4) is 11.1 Å². The summed E-state index contributed by atoms with van der Waals surface area (Å²) in [6.45, 7) is 2.33. The van der Waals surface area contributed by atoms with Crippen LogP contribution in [-0.2, 0) is 0 Å². The Hall–Kier alpha value is -1.77. The summed E-state index contributed by atoms with van der Waals surface area (Å²) < 4.78 is 42.5. The van der Waals surface area contributed by atoms with Crippen molar-refractivity contribution in [2.45, 2.75) is 51.4 Å². The van der Waals surface area contributed by atoms with Crippen LogP contribution in [0.3, 0.4) is 0 Å². The van der Waals surface area contributed by atoms with Gasteiger partial charge in [0.1, 0.15) is 17.5 Å². The molecule has 0 spiro atoms. The van der Waals surface area contributed by atoms with Gasteiger partial charge in [-0.15, -0.1) is 0 Å². The Morgan fingerprint density at radius 2 is 1.38 bits per heavy atom. The quantitative estimate of drug-likeness (QED) is 0.537. The van der Waals surface area contributed by atoms with E-state index in [2.05, 4.69) is 6.92 Å². The molecule has 0 N–H and O–H groups in total. The van der Waals surface area contributed by atoms with Crippen LogP contribution in [0.5, 0.6) is 0 Å². The average molecular weight is 358 g/mol. The number of fused-ring (bicyclic) bond motifs is 1. The molecule has 138 valence electrons. The number of rotatable bonds is 2. The molecule has 26 heavy (non-hydrogen) atoms. The maximum Gasteiger partial charge on any atom is 0.134 e. The van der Waals surface area contributed by atoms with E-state index >= 15 is 0 Å². The lowest BCUT2D eigenvalue weighted by Crippen LogP contribution is -2.29. The van der Waals surface area contributed by atoms with Gasteiger partial charge < -0.3 is 0 Å². The summed E-state index contributed by atoms with van der Waals surface area (Å²) >= 11 is 0. The highest BCUT2D eigenvalue weighted by atomic mass is 19.1. The van der Waals surface area contributed by atoms with E-state index in [1.165, 1.54) is 62.1 Å². The molecule has 4 atom stereocenters.